The Kier molecular flexibility index (Phi) is 17.4. The van der Waals surface area contributed by atoms with Crippen LogP contribution in [0.25, 0.3) is 0 Å². The fourth-order valence-electron chi connectivity index (χ4n) is 4.20. The van der Waals surface area contributed by atoms with E-state index < -0.39 is 71.9 Å². The molecule has 0 fully saturated rings. The van der Waals surface area contributed by atoms with E-state index in [9.17, 15) is 28.8 Å². The largest absolute Gasteiger partial charge is 0.444 e. The molecule has 0 aliphatic carbocycles. The Bertz CT molecular complexity index is 1190. The Morgan fingerprint density at radius 2 is 1.43 bits per heavy atom. The lowest BCUT2D eigenvalue weighted by molar-refractivity contribution is -0.135. The predicted octanol–water partition coefficient (Wildman–Crippen LogP) is 0.769. The molecule has 0 aliphatic heterocycles. The number of hydrazine groups is 1. The highest BCUT2D eigenvalue weighted by atomic mass is 16.6. The smallest absolute Gasteiger partial charge is 0.408 e. The quantitative estimate of drug-likeness (QED) is 0.0669. The molecule has 0 saturated heterocycles. The number of hydrogen-bond donors (Lipinski definition) is 7. The van der Waals surface area contributed by atoms with E-state index in [0.29, 0.717) is 12.8 Å². The number of carbonyl (C=O) groups excluding carboxylic acids is 6. The summed E-state index contributed by atoms with van der Waals surface area (Å²) in [7, 11) is 0. The van der Waals surface area contributed by atoms with Crippen molar-refractivity contribution in [2.24, 2.45) is 17.7 Å². The maximum absolute atomic E-state index is 13.3. The molecule has 0 heterocycles. The molecule has 6 amide bonds. The van der Waals surface area contributed by atoms with Crippen LogP contribution in [0.4, 0.5) is 4.79 Å². The van der Waals surface area contributed by atoms with Gasteiger partial charge in [-0.15, -0.1) is 0 Å². The molecule has 0 radical (unpaired) electrons. The molecule has 5 atom stereocenters. The Balaban J connectivity index is 2.88. The van der Waals surface area contributed by atoms with E-state index in [4.69, 9.17) is 15.3 Å². The van der Waals surface area contributed by atoms with Crippen LogP contribution in [0.3, 0.4) is 0 Å². The van der Waals surface area contributed by atoms with Crippen LogP contribution in [0, 0.1) is 11.8 Å². The van der Waals surface area contributed by atoms with Crippen molar-refractivity contribution in [2.75, 3.05) is 13.2 Å². The average Bonchev–Trinajstić information content (AvgIpc) is 3.00. The summed E-state index contributed by atoms with van der Waals surface area (Å²) in [6.07, 6.45) is 0.0955. The Hall–Kier alpha value is -4.24. The van der Waals surface area contributed by atoms with Crippen molar-refractivity contribution in [3.8, 4) is 0 Å². The van der Waals surface area contributed by atoms with Gasteiger partial charge in [-0.3, -0.25) is 29.4 Å². The highest BCUT2D eigenvalue weighted by Crippen LogP contribution is 2.11. The molecule has 0 aromatic heterocycles. The first-order chi connectivity index (χ1) is 22.0. The molecule has 264 valence electrons. The van der Waals surface area contributed by atoms with Crippen LogP contribution >= 0.6 is 0 Å². The Labute approximate surface area is 277 Å². The minimum atomic E-state index is -1.22. The van der Waals surface area contributed by atoms with E-state index in [2.05, 4.69) is 26.6 Å². The second kappa shape index (κ2) is 20.1. The number of carbonyl (C=O) groups is 6. The third-order valence-corrected chi connectivity index (χ3v) is 6.87. The molecule has 47 heavy (non-hydrogen) atoms. The van der Waals surface area contributed by atoms with E-state index in [-0.39, 0.29) is 25.0 Å². The molecule has 0 spiro atoms. The second-order valence-electron chi connectivity index (χ2n) is 12.8. The molecule has 8 N–H and O–H groups in total. The van der Waals surface area contributed by atoms with Gasteiger partial charge in [0.05, 0.1) is 19.8 Å². The zero-order valence-corrected chi connectivity index (χ0v) is 28.7. The number of hydrogen-bond acceptors (Lipinski definition) is 9. The van der Waals surface area contributed by atoms with Gasteiger partial charge in [0.25, 0.3) is 5.91 Å². The average molecular weight is 664 g/mol. The van der Waals surface area contributed by atoms with Crippen LogP contribution < -0.4 is 37.9 Å². The van der Waals surface area contributed by atoms with Crippen LogP contribution in [-0.2, 0) is 40.1 Å². The number of benzene rings is 1. The number of rotatable bonds is 18. The van der Waals surface area contributed by atoms with Crippen LogP contribution in [0.1, 0.15) is 73.8 Å². The van der Waals surface area contributed by atoms with E-state index in [0.717, 1.165) is 5.56 Å². The molecular formula is C32H53N7O8. The van der Waals surface area contributed by atoms with Gasteiger partial charge >= 0.3 is 6.09 Å². The van der Waals surface area contributed by atoms with Gasteiger partial charge in [-0.2, -0.15) is 0 Å². The standard InChI is InChI=1S/C32H53N7O8/c1-9-20(4)26(38-31(45)47-32(6,7)8)30(44)34-16-25(40)35-21(5)27(41)37-24(18-46-17-22-13-11-10-12-14-22)28(42)36-23(15-19(2)3)29(43)39-33/h10-14,19-21,23-24,26H,9,15-18,33H2,1-8H3,(H,34,44)(H,35,40)(H,36,42)(H,37,41)(H,38,45)(H,39,43)/t20-,21-,23-,24-,26-/m0/s1. The summed E-state index contributed by atoms with van der Waals surface area (Å²) in [6, 6.07) is 4.95. The van der Waals surface area contributed by atoms with E-state index in [1.807, 2.05) is 56.5 Å². The van der Waals surface area contributed by atoms with Gasteiger partial charge < -0.3 is 36.1 Å². The molecule has 0 aliphatic rings. The highest BCUT2D eigenvalue weighted by molar-refractivity contribution is 5.95. The lowest BCUT2D eigenvalue weighted by Gasteiger charge is -2.26. The number of nitrogens with one attached hydrogen (secondary N) is 6. The number of nitrogens with two attached hydrogens (primary N) is 1. The van der Waals surface area contributed by atoms with Gasteiger partial charge in [0.1, 0.15) is 29.8 Å². The predicted molar refractivity (Wildman–Crippen MR) is 175 cm³/mol. The monoisotopic (exact) mass is 663 g/mol. The molecule has 1 aromatic carbocycles. The van der Waals surface area contributed by atoms with E-state index in [1.165, 1.54) is 6.92 Å². The molecule has 0 saturated carbocycles. The molecule has 15 nitrogen and oxygen atoms in total. The fraction of sp³-hybridized carbons (Fsp3) is 0.625. The summed E-state index contributed by atoms with van der Waals surface area (Å²) >= 11 is 0. The number of amides is 6. The number of alkyl carbamates (subject to hydrolysis) is 1. The van der Waals surface area contributed by atoms with Crippen molar-refractivity contribution in [1.82, 2.24) is 32.0 Å². The van der Waals surface area contributed by atoms with E-state index in [1.54, 1.807) is 27.7 Å². The Morgan fingerprint density at radius 1 is 0.809 bits per heavy atom. The van der Waals surface area contributed by atoms with Gasteiger partial charge in [0.15, 0.2) is 0 Å². The van der Waals surface area contributed by atoms with Crippen LogP contribution in [0.15, 0.2) is 30.3 Å². The lowest BCUT2D eigenvalue weighted by atomic mass is 9.98. The second-order valence-corrected chi connectivity index (χ2v) is 12.8. The molecule has 1 rings (SSSR count). The first-order valence-electron chi connectivity index (χ1n) is 15.8. The summed E-state index contributed by atoms with van der Waals surface area (Å²) in [6.45, 7) is 13.3. The fourth-order valence-corrected chi connectivity index (χ4v) is 4.20. The van der Waals surface area contributed by atoms with Crippen molar-refractivity contribution < 1.29 is 38.2 Å². The summed E-state index contributed by atoms with van der Waals surface area (Å²) in [4.78, 5) is 76.5. The molecule has 1 aromatic rings. The van der Waals surface area contributed by atoms with Crippen LogP contribution in [-0.4, -0.2) is 78.5 Å². The van der Waals surface area contributed by atoms with Crippen molar-refractivity contribution in [3.63, 3.8) is 0 Å². The lowest BCUT2D eigenvalue weighted by Crippen LogP contribution is -2.58. The van der Waals surface area contributed by atoms with Crippen LogP contribution in [0.2, 0.25) is 0 Å². The van der Waals surface area contributed by atoms with Gasteiger partial charge in [0, 0.05) is 0 Å². The SMILES string of the molecule is CC[C@H](C)[C@H](NC(=O)OC(C)(C)C)C(=O)NCC(=O)N[C@@H](C)C(=O)N[C@@H](COCc1ccccc1)C(=O)N[C@@H](CC(C)C)C(=O)NN. The number of ether oxygens (including phenoxy) is 2. The first kappa shape index (κ1) is 40.8. The first-order valence-corrected chi connectivity index (χ1v) is 15.8. The van der Waals surface area contributed by atoms with Crippen molar-refractivity contribution in [1.29, 1.82) is 0 Å². The van der Waals surface area contributed by atoms with Gasteiger partial charge in [0.2, 0.25) is 23.6 Å². The molecule has 15 heteroatoms. The normalized spacial score (nSPS) is 14.4. The zero-order chi connectivity index (χ0) is 35.7. The molecular weight excluding hydrogens is 610 g/mol. The summed E-state index contributed by atoms with van der Waals surface area (Å²) < 4.78 is 11.0. The van der Waals surface area contributed by atoms with Crippen molar-refractivity contribution >= 4 is 35.6 Å². The van der Waals surface area contributed by atoms with E-state index >= 15 is 0 Å². The summed E-state index contributed by atoms with van der Waals surface area (Å²) in [5, 5.41) is 12.7. The minimum Gasteiger partial charge on any atom is -0.444 e. The summed E-state index contributed by atoms with van der Waals surface area (Å²) in [5.41, 5.74) is 2.12. The third-order valence-electron chi connectivity index (χ3n) is 6.87. The van der Waals surface area contributed by atoms with Gasteiger partial charge in [-0.25, -0.2) is 10.6 Å². The Morgan fingerprint density at radius 3 is 1.98 bits per heavy atom. The molecule has 0 unspecified atom stereocenters. The third kappa shape index (κ3) is 16.2. The van der Waals surface area contributed by atoms with Crippen molar-refractivity contribution in [2.45, 2.75) is 105 Å². The maximum Gasteiger partial charge on any atom is 0.408 e. The zero-order valence-electron chi connectivity index (χ0n) is 28.7. The van der Waals surface area contributed by atoms with Gasteiger partial charge in [-0.05, 0) is 51.5 Å². The minimum absolute atomic E-state index is 0.0456. The topological polar surface area (TPSA) is 219 Å². The van der Waals surface area contributed by atoms with Gasteiger partial charge in [-0.1, -0.05) is 64.4 Å². The van der Waals surface area contributed by atoms with Crippen molar-refractivity contribution in [3.05, 3.63) is 35.9 Å². The van der Waals surface area contributed by atoms with Crippen LogP contribution in [0.5, 0.6) is 0 Å². The molecule has 0 bridgehead atoms. The summed E-state index contributed by atoms with van der Waals surface area (Å²) in [5.74, 6) is 1.82. The highest BCUT2D eigenvalue weighted by Gasteiger charge is 2.30. The maximum atomic E-state index is 13.3.